The van der Waals surface area contributed by atoms with Crippen molar-refractivity contribution in [3.05, 3.63) is 12.2 Å². The molecule has 1 fully saturated rings. The molecule has 1 rings (SSSR count). The summed E-state index contributed by atoms with van der Waals surface area (Å²) in [5, 5.41) is 0. The second-order valence-corrected chi connectivity index (χ2v) is 3.36. The molecular weight excluding hydrogens is 168 g/mol. The molecule has 0 radical (unpaired) electrons. The number of esters is 1. The Hall–Kier alpha value is -0.830. The summed E-state index contributed by atoms with van der Waals surface area (Å²) in [6.07, 6.45) is 2.79. The van der Waals surface area contributed by atoms with Gasteiger partial charge in [0.05, 0.1) is 7.11 Å². The van der Waals surface area contributed by atoms with Crippen LogP contribution >= 0.6 is 0 Å². The first-order chi connectivity index (χ1) is 6.24. The average molecular weight is 184 g/mol. The van der Waals surface area contributed by atoms with Gasteiger partial charge in [-0.05, 0) is 25.2 Å². The van der Waals surface area contributed by atoms with E-state index in [0.29, 0.717) is 11.5 Å². The Balaban J connectivity index is 2.30. The van der Waals surface area contributed by atoms with E-state index in [4.69, 9.17) is 4.74 Å². The van der Waals surface area contributed by atoms with Crippen LogP contribution in [-0.4, -0.2) is 26.3 Å². The predicted octanol–water partition coefficient (Wildman–Crippen LogP) is 1.53. The Morgan fingerprint density at radius 1 is 1.54 bits per heavy atom. The van der Waals surface area contributed by atoms with E-state index in [1.165, 1.54) is 7.11 Å². The molecule has 0 amide bonds. The standard InChI is InChI=1S/C10H16O3/c1-8(10(11)12-2)7-9-3-5-13-6-4-9/h9H,1,3-7H2,2H3. The van der Waals surface area contributed by atoms with E-state index in [1.807, 2.05) is 0 Å². The van der Waals surface area contributed by atoms with Gasteiger partial charge in [0.15, 0.2) is 0 Å². The lowest BCUT2D eigenvalue weighted by Gasteiger charge is -2.21. The molecule has 0 unspecified atom stereocenters. The molecule has 3 heteroatoms. The van der Waals surface area contributed by atoms with Crippen LogP contribution in [0.1, 0.15) is 19.3 Å². The van der Waals surface area contributed by atoms with Gasteiger partial charge in [-0.1, -0.05) is 6.58 Å². The summed E-state index contributed by atoms with van der Waals surface area (Å²) in [6, 6.07) is 0. The maximum atomic E-state index is 11.0. The molecule has 1 saturated heterocycles. The van der Waals surface area contributed by atoms with Crippen molar-refractivity contribution in [2.24, 2.45) is 5.92 Å². The van der Waals surface area contributed by atoms with Crippen LogP contribution in [0.5, 0.6) is 0 Å². The molecule has 0 aromatic rings. The molecule has 0 spiro atoms. The third-order valence-electron chi connectivity index (χ3n) is 2.35. The molecule has 0 saturated carbocycles. The summed E-state index contributed by atoms with van der Waals surface area (Å²) in [7, 11) is 1.39. The largest absolute Gasteiger partial charge is 0.466 e. The van der Waals surface area contributed by atoms with Gasteiger partial charge in [-0.25, -0.2) is 4.79 Å². The molecule has 1 aliphatic heterocycles. The SMILES string of the molecule is C=C(CC1CCOCC1)C(=O)OC. The van der Waals surface area contributed by atoms with Gasteiger partial charge in [-0.3, -0.25) is 0 Å². The van der Waals surface area contributed by atoms with Gasteiger partial charge in [0, 0.05) is 18.8 Å². The Labute approximate surface area is 78.7 Å². The molecule has 0 aliphatic carbocycles. The molecule has 1 aliphatic rings. The van der Waals surface area contributed by atoms with Crippen LogP contribution in [0, 0.1) is 5.92 Å². The second-order valence-electron chi connectivity index (χ2n) is 3.36. The minimum Gasteiger partial charge on any atom is -0.466 e. The molecule has 0 aromatic heterocycles. The van der Waals surface area contributed by atoms with Crippen LogP contribution in [0.25, 0.3) is 0 Å². The molecule has 3 nitrogen and oxygen atoms in total. The van der Waals surface area contributed by atoms with Crippen molar-refractivity contribution in [2.45, 2.75) is 19.3 Å². The number of rotatable bonds is 3. The molecule has 0 N–H and O–H groups in total. The van der Waals surface area contributed by atoms with Crippen molar-refractivity contribution in [3.63, 3.8) is 0 Å². The van der Waals surface area contributed by atoms with Crippen molar-refractivity contribution in [2.75, 3.05) is 20.3 Å². The quantitative estimate of drug-likeness (QED) is 0.493. The van der Waals surface area contributed by atoms with Crippen LogP contribution in [-0.2, 0) is 14.3 Å². The monoisotopic (exact) mass is 184 g/mol. The zero-order chi connectivity index (χ0) is 9.68. The topological polar surface area (TPSA) is 35.5 Å². The predicted molar refractivity (Wildman–Crippen MR) is 49.3 cm³/mol. The normalized spacial score (nSPS) is 18.2. The summed E-state index contributed by atoms with van der Waals surface area (Å²) in [5.74, 6) is 0.256. The second kappa shape index (κ2) is 5.02. The summed E-state index contributed by atoms with van der Waals surface area (Å²) in [4.78, 5) is 11.0. The lowest BCUT2D eigenvalue weighted by atomic mass is 9.93. The number of ether oxygens (including phenoxy) is 2. The van der Waals surface area contributed by atoms with Crippen molar-refractivity contribution >= 4 is 5.97 Å². The van der Waals surface area contributed by atoms with Crippen molar-refractivity contribution < 1.29 is 14.3 Å². The van der Waals surface area contributed by atoms with Crippen LogP contribution in [0.3, 0.4) is 0 Å². The van der Waals surface area contributed by atoms with E-state index < -0.39 is 0 Å². The van der Waals surface area contributed by atoms with Crippen LogP contribution < -0.4 is 0 Å². The van der Waals surface area contributed by atoms with Gasteiger partial charge in [-0.2, -0.15) is 0 Å². The van der Waals surface area contributed by atoms with Crippen molar-refractivity contribution in [3.8, 4) is 0 Å². The Morgan fingerprint density at radius 2 is 2.15 bits per heavy atom. The Bertz CT molecular complexity index is 192. The van der Waals surface area contributed by atoms with E-state index in [9.17, 15) is 4.79 Å². The zero-order valence-electron chi connectivity index (χ0n) is 8.04. The fraction of sp³-hybridized carbons (Fsp3) is 0.700. The van der Waals surface area contributed by atoms with Crippen LogP contribution in [0.4, 0.5) is 0 Å². The van der Waals surface area contributed by atoms with Gasteiger partial charge in [0.2, 0.25) is 0 Å². The fourth-order valence-corrected chi connectivity index (χ4v) is 1.53. The summed E-state index contributed by atoms with van der Waals surface area (Å²) in [5.41, 5.74) is 0.578. The molecule has 0 aromatic carbocycles. The highest BCUT2D eigenvalue weighted by Gasteiger charge is 2.17. The van der Waals surface area contributed by atoms with Gasteiger partial charge < -0.3 is 9.47 Å². The van der Waals surface area contributed by atoms with Gasteiger partial charge in [-0.15, -0.1) is 0 Å². The van der Waals surface area contributed by atoms with E-state index in [0.717, 1.165) is 32.5 Å². The smallest absolute Gasteiger partial charge is 0.333 e. The molecule has 74 valence electrons. The number of hydrogen-bond donors (Lipinski definition) is 0. The van der Waals surface area contributed by atoms with Crippen LogP contribution in [0.2, 0.25) is 0 Å². The van der Waals surface area contributed by atoms with E-state index in [1.54, 1.807) is 0 Å². The van der Waals surface area contributed by atoms with Gasteiger partial charge >= 0.3 is 5.97 Å². The van der Waals surface area contributed by atoms with E-state index in [-0.39, 0.29) is 5.97 Å². The number of methoxy groups -OCH3 is 1. The zero-order valence-corrected chi connectivity index (χ0v) is 8.04. The highest BCUT2D eigenvalue weighted by atomic mass is 16.5. The Morgan fingerprint density at radius 3 is 2.69 bits per heavy atom. The van der Waals surface area contributed by atoms with Gasteiger partial charge in [0.25, 0.3) is 0 Å². The third kappa shape index (κ3) is 3.19. The van der Waals surface area contributed by atoms with Crippen LogP contribution in [0.15, 0.2) is 12.2 Å². The molecule has 13 heavy (non-hydrogen) atoms. The summed E-state index contributed by atoms with van der Waals surface area (Å²) in [6.45, 7) is 5.31. The highest BCUT2D eigenvalue weighted by molar-refractivity contribution is 5.87. The first-order valence-corrected chi connectivity index (χ1v) is 4.58. The number of hydrogen-bond acceptors (Lipinski definition) is 3. The first kappa shape index (κ1) is 10.3. The minimum absolute atomic E-state index is 0.286. The fourth-order valence-electron chi connectivity index (χ4n) is 1.53. The molecule has 1 heterocycles. The Kier molecular flexibility index (Phi) is 3.96. The van der Waals surface area contributed by atoms with E-state index in [2.05, 4.69) is 11.3 Å². The number of carbonyl (C=O) groups is 1. The summed E-state index contributed by atoms with van der Waals surface area (Å²) < 4.78 is 9.81. The average Bonchev–Trinajstić information content (AvgIpc) is 2.18. The minimum atomic E-state index is -0.286. The number of carbonyl (C=O) groups excluding carboxylic acids is 1. The van der Waals surface area contributed by atoms with Crippen molar-refractivity contribution in [1.29, 1.82) is 0 Å². The highest BCUT2D eigenvalue weighted by Crippen LogP contribution is 2.22. The lowest BCUT2D eigenvalue weighted by Crippen LogP contribution is -2.18. The third-order valence-corrected chi connectivity index (χ3v) is 2.35. The molecule has 0 atom stereocenters. The lowest BCUT2D eigenvalue weighted by molar-refractivity contribution is -0.136. The molecular formula is C10H16O3. The maximum absolute atomic E-state index is 11.0. The van der Waals surface area contributed by atoms with Gasteiger partial charge in [0.1, 0.15) is 0 Å². The van der Waals surface area contributed by atoms with Crippen molar-refractivity contribution in [1.82, 2.24) is 0 Å². The van der Waals surface area contributed by atoms with E-state index >= 15 is 0 Å². The summed E-state index contributed by atoms with van der Waals surface area (Å²) >= 11 is 0. The molecule has 0 bridgehead atoms. The first-order valence-electron chi connectivity index (χ1n) is 4.58. The maximum Gasteiger partial charge on any atom is 0.333 e.